The summed E-state index contributed by atoms with van der Waals surface area (Å²) in [4.78, 5) is 0. The number of methoxy groups -OCH3 is 1. The lowest BCUT2D eigenvalue weighted by molar-refractivity contribution is 0.412. The number of ether oxygens (including phenoxy) is 1. The second-order valence-corrected chi connectivity index (χ2v) is 4.11. The van der Waals surface area contributed by atoms with Gasteiger partial charge in [0.2, 0.25) is 0 Å². The maximum Gasteiger partial charge on any atom is 0.137 e. The van der Waals surface area contributed by atoms with Crippen molar-refractivity contribution in [2.24, 2.45) is 0 Å². The molecule has 0 bridgehead atoms. The van der Waals surface area contributed by atoms with Crippen LogP contribution in [0.4, 0.5) is 0 Å². The fourth-order valence-electron chi connectivity index (χ4n) is 1.78. The molecule has 1 aliphatic heterocycles. The molecule has 2 nitrogen and oxygen atoms in total. The minimum atomic E-state index is 0.624. The summed E-state index contributed by atoms with van der Waals surface area (Å²) in [5, 5.41) is 3.97. The molecule has 1 saturated heterocycles. The Morgan fingerprint density at radius 2 is 2.14 bits per heavy atom. The minimum Gasteiger partial charge on any atom is -0.495 e. The molecule has 0 spiro atoms. The van der Waals surface area contributed by atoms with E-state index in [2.05, 4.69) is 12.2 Å². The van der Waals surface area contributed by atoms with Gasteiger partial charge in [0.25, 0.3) is 0 Å². The molecule has 1 aliphatic rings. The van der Waals surface area contributed by atoms with Crippen LogP contribution in [0, 0.1) is 6.92 Å². The maximum atomic E-state index is 6.08. The van der Waals surface area contributed by atoms with Gasteiger partial charge in [-0.1, -0.05) is 11.6 Å². The molecule has 2 rings (SSSR count). The highest BCUT2D eigenvalue weighted by molar-refractivity contribution is 6.32. The molecule has 1 aromatic rings. The second-order valence-electron chi connectivity index (χ2n) is 3.70. The van der Waals surface area contributed by atoms with Crippen molar-refractivity contribution in [3.63, 3.8) is 0 Å². The van der Waals surface area contributed by atoms with E-state index in [1.807, 2.05) is 12.1 Å². The van der Waals surface area contributed by atoms with Crippen molar-refractivity contribution in [1.82, 2.24) is 5.32 Å². The summed E-state index contributed by atoms with van der Waals surface area (Å²) in [5.41, 5.74) is 2.60. The van der Waals surface area contributed by atoms with Crippen molar-refractivity contribution in [1.29, 1.82) is 0 Å². The van der Waals surface area contributed by atoms with Gasteiger partial charge in [0, 0.05) is 19.0 Å². The van der Waals surface area contributed by atoms with Gasteiger partial charge >= 0.3 is 0 Å². The molecule has 0 amide bonds. The lowest BCUT2D eigenvalue weighted by Gasteiger charge is -2.29. The van der Waals surface area contributed by atoms with Crippen molar-refractivity contribution in [2.75, 3.05) is 20.2 Å². The predicted octanol–water partition coefficient (Wildman–Crippen LogP) is 2.34. The van der Waals surface area contributed by atoms with Gasteiger partial charge in [-0.05, 0) is 30.2 Å². The first kappa shape index (κ1) is 9.81. The van der Waals surface area contributed by atoms with Gasteiger partial charge in [-0.25, -0.2) is 0 Å². The normalized spacial score (nSPS) is 16.5. The summed E-state index contributed by atoms with van der Waals surface area (Å²) in [7, 11) is 1.64. The van der Waals surface area contributed by atoms with Crippen molar-refractivity contribution in [3.8, 4) is 5.75 Å². The summed E-state index contributed by atoms with van der Waals surface area (Å²) in [5.74, 6) is 1.39. The van der Waals surface area contributed by atoms with Crippen LogP contribution >= 0.6 is 11.6 Å². The van der Waals surface area contributed by atoms with Crippen LogP contribution in [-0.2, 0) is 0 Å². The summed E-state index contributed by atoms with van der Waals surface area (Å²) >= 11 is 6.08. The van der Waals surface area contributed by atoms with Crippen LogP contribution in [0.15, 0.2) is 12.1 Å². The van der Waals surface area contributed by atoms with E-state index in [9.17, 15) is 0 Å². The standard InChI is InChI=1S/C11H14ClNO/c1-7-3-11(14-2)10(12)4-9(7)8-5-13-6-8/h3-4,8,13H,5-6H2,1-2H3. The molecule has 14 heavy (non-hydrogen) atoms. The van der Waals surface area contributed by atoms with Crippen LogP contribution in [0.25, 0.3) is 0 Å². The van der Waals surface area contributed by atoms with Crippen molar-refractivity contribution in [2.45, 2.75) is 12.8 Å². The molecule has 1 heterocycles. The quantitative estimate of drug-likeness (QED) is 0.811. The van der Waals surface area contributed by atoms with E-state index >= 15 is 0 Å². The molecule has 0 aliphatic carbocycles. The van der Waals surface area contributed by atoms with Crippen LogP contribution in [-0.4, -0.2) is 20.2 Å². The molecular weight excluding hydrogens is 198 g/mol. The summed E-state index contributed by atoms with van der Waals surface area (Å²) < 4.78 is 5.16. The van der Waals surface area contributed by atoms with Crippen LogP contribution < -0.4 is 10.1 Å². The zero-order valence-electron chi connectivity index (χ0n) is 8.43. The summed E-state index contributed by atoms with van der Waals surface area (Å²) in [6.45, 7) is 4.22. The first-order valence-electron chi connectivity index (χ1n) is 4.77. The number of aryl methyl sites for hydroxylation is 1. The Bertz CT molecular complexity index is 347. The van der Waals surface area contributed by atoms with E-state index in [0.29, 0.717) is 10.9 Å². The molecule has 1 fully saturated rings. The Hall–Kier alpha value is -0.730. The third-order valence-corrected chi connectivity index (χ3v) is 3.06. The predicted molar refractivity (Wildman–Crippen MR) is 58.4 cm³/mol. The largest absolute Gasteiger partial charge is 0.495 e. The van der Waals surface area contributed by atoms with Crippen LogP contribution in [0.3, 0.4) is 0 Å². The molecule has 0 atom stereocenters. The zero-order chi connectivity index (χ0) is 10.1. The van der Waals surface area contributed by atoms with Crippen molar-refractivity contribution >= 4 is 11.6 Å². The van der Waals surface area contributed by atoms with Crippen LogP contribution in [0.2, 0.25) is 5.02 Å². The van der Waals surface area contributed by atoms with E-state index < -0.39 is 0 Å². The van der Waals surface area contributed by atoms with E-state index in [1.165, 1.54) is 11.1 Å². The number of hydrogen-bond donors (Lipinski definition) is 1. The highest BCUT2D eigenvalue weighted by Gasteiger charge is 2.21. The van der Waals surface area contributed by atoms with Gasteiger partial charge in [-0.15, -0.1) is 0 Å². The van der Waals surface area contributed by atoms with Gasteiger partial charge in [-0.2, -0.15) is 0 Å². The molecule has 0 unspecified atom stereocenters. The average Bonchev–Trinajstić information content (AvgIpc) is 2.08. The Balaban J connectivity index is 2.36. The number of hydrogen-bond acceptors (Lipinski definition) is 2. The molecule has 0 saturated carbocycles. The molecule has 0 radical (unpaired) electrons. The van der Waals surface area contributed by atoms with Gasteiger partial charge in [0.1, 0.15) is 5.75 Å². The summed E-state index contributed by atoms with van der Waals surface area (Å²) in [6, 6.07) is 4.04. The van der Waals surface area contributed by atoms with Gasteiger partial charge in [-0.3, -0.25) is 0 Å². The Kier molecular flexibility index (Phi) is 2.66. The third-order valence-electron chi connectivity index (χ3n) is 2.76. The van der Waals surface area contributed by atoms with E-state index in [0.717, 1.165) is 18.8 Å². The number of benzene rings is 1. The van der Waals surface area contributed by atoms with Crippen molar-refractivity contribution < 1.29 is 4.74 Å². The number of halogens is 1. The van der Waals surface area contributed by atoms with Crippen LogP contribution in [0.1, 0.15) is 17.0 Å². The fraction of sp³-hybridized carbons (Fsp3) is 0.455. The fourth-order valence-corrected chi connectivity index (χ4v) is 2.02. The topological polar surface area (TPSA) is 21.3 Å². The molecule has 76 valence electrons. The molecule has 3 heteroatoms. The number of nitrogens with one attached hydrogen (secondary N) is 1. The average molecular weight is 212 g/mol. The first-order chi connectivity index (χ1) is 6.72. The second kappa shape index (κ2) is 3.79. The van der Waals surface area contributed by atoms with E-state index in [-0.39, 0.29) is 0 Å². The SMILES string of the molecule is COc1cc(C)c(C2CNC2)cc1Cl. The monoisotopic (exact) mass is 211 g/mol. The summed E-state index contributed by atoms with van der Waals surface area (Å²) in [6.07, 6.45) is 0. The molecule has 1 N–H and O–H groups in total. The molecule has 1 aromatic carbocycles. The highest BCUT2D eigenvalue weighted by atomic mass is 35.5. The maximum absolute atomic E-state index is 6.08. The third kappa shape index (κ3) is 1.60. The van der Waals surface area contributed by atoms with Gasteiger partial charge in [0.05, 0.1) is 12.1 Å². The van der Waals surface area contributed by atoms with E-state index in [1.54, 1.807) is 7.11 Å². The molecule has 0 aromatic heterocycles. The first-order valence-corrected chi connectivity index (χ1v) is 5.15. The number of rotatable bonds is 2. The van der Waals surface area contributed by atoms with Crippen LogP contribution in [0.5, 0.6) is 5.75 Å². The Morgan fingerprint density at radius 3 is 2.64 bits per heavy atom. The van der Waals surface area contributed by atoms with Gasteiger partial charge in [0.15, 0.2) is 0 Å². The lowest BCUT2D eigenvalue weighted by atomic mass is 9.90. The van der Waals surface area contributed by atoms with E-state index in [4.69, 9.17) is 16.3 Å². The lowest BCUT2D eigenvalue weighted by Crippen LogP contribution is -2.40. The Labute approximate surface area is 89.2 Å². The minimum absolute atomic E-state index is 0.624. The molecular formula is C11H14ClNO. The van der Waals surface area contributed by atoms with Gasteiger partial charge < -0.3 is 10.1 Å². The smallest absolute Gasteiger partial charge is 0.137 e. The highest BCUT2D eigenvalue weighted by Crippen LogP contribution is 2.32. The Morgan fingerprint density at radius 1 is 1.43 bits per heavy atom. The zero-order valence-corrected chi connectivity index (χ0v) is 9.19. The van der Waals surface area contributed by atoms with Crippen molar-refractivity contribution in [3.05, 3.63) is 28.3 Å².